The van der Waals surface area contributed by atoms with Gasteiger partial charge in [0.05, 0.1) is 10.9 Å². The molecule has 2 heterocycles. The van der Waals surface area contributed by atoms with E-state index in [1.54, 1.807) is 18.2 Å². The Labute approximate surface area is 160 Å². The van der Waals surface area contributed by atoms with E-state index in [0.29, 0.717) is 11.6 Å². The molecule has 0 radical (unpaired) electrons. The molecule has 1 aromatic carbocycles. The fourth-order valence-corrected chi connectivity index (χ4v) is 4.62. The largest absolute Gasteiger partial charge is 0.353 e. The van der Waals surface area contributed by atoms with Crippen LogP contribution in [0.3, 0.4) is 0 Å². The zero-order chi connectivity index (χ0) is 18.7. The predicted molar refractivity (Wildman–Crippen MR) is 104 cm³/mol. The second kappa shape index (κ2) is 8.10. The van der Waals surface area contributed by atoms with Crippen LogP contribution in [0, 0.1) is 0 Å². The van der Waals surface area contributed by atoms with E-state index < -0.39 is 10.0 Å². The van der Waals surface area contributed by atoms with E-state index in [-0.39, 0.29) is 10.9 Å². The molecule has 1 atom stereocenters. The van der Waals surface area contributed by atoms with Gasteiger partial charge in [0.2, 0.25) is 10.0 Å². The van der Waals surface area contributed by atoms with Crippen molar-refractivity contribution in [2.75, 3.05) is 39.8 Å². The molecule has 0 bridgehead atoms. The SMILES string of the molecule is CN1CCN([C@H](CNS(=O)(=O)c2cccc(Cl)c2)c2cccn2C)CC1. The van der Waals surface area contributed by atoms with Crippen molar-refractivity contribution in [1.29, 1.82) is 0 Å². The lowest BCUT2D eigenvalue weighted by Crippen LogP contribution is -2.48. The molecule has 1 aromatic heterocycles. The van der Waals surface area contributed by atoms with Crippen molar-refractivity contribution in [2.45, 2.75) is 10.9 Å². The number of nitrogens with zero attached hydrogens (tertiary/aromatic N) is 3. The monoisotopic (exact) mass is 396 g/mol. The fourth-order valence-electron chi connectivity index (χ4n) is 3.28. The number of nitrogens with one attached hydrogen (secondary N) is 1. The second-order valence-corrected chi connectivity index (χ2v) is 8.91. The molecule has 0 amide bonds. The Balaban J connectivity index is 1.79. The van der Waals surface area contributed by atoms with Gasteiger partial charge in [-0.15, -0.1) is 0 Å². The minimum Gasteiger partial charge on any atom is -0.353 e. The van der Waals surface area contributed by atoms with E-state index in [1.165, 1.54) is 6.07 Å². The summed E-state index contributed by atoms with van der Waals surface area (Å²) in [6.45, 7) is 4.08. The van der Waals surface area contributed by atoms with Crippen molar-refractivity contribution in [1.82, 2.24) is 19.1 Å². The number of benzene rings is 1. The number of piperazine rings is 1. The standard InChI is InChI=1S/C18H25ClN4O2S/c1-21-9-11-23(12-10-21)18(17-7-4-8-22(17)2)14-20-26(24,25)16-6-3-5-15(19)13-16/h3-8,13,18,20H,9-12,14H2,1-2H3/t18-/m1/s1. The fraction of sp³-hybridized carbons (Fsp3) is 0.444. The average molecular weight is 397 g/mol. The summed E-state index contributed by atoms with van der Waals surface area (Å²) in [5.74, 6) is 0. The van der Waals surface area contributed by atoms with Gasteiger partial charge in [0.1, 0.15) is 0 Å². The molecular weight excluding hydrogens is 372 g/mol. The summed E-state index contributed by atoms with van der Waals surface area (Å²) in [5.41, 5.74) is 1.10. The number of rotatable bonds is 6. The molecule has 1 aliphatic rings. The molecule has 8 heteroatoms. The van der Waals surface area contributed by atoms with Crippen molar-refractivity contribution < 1.29 is 8.42 Å². The Morgan fingerprint density at radius 2 is 1.85 bits per heavy atom. The number of hydrogen-bond acceptors (Lipinski definition) is 4. The normalized spacial score (nSPS) is 18.1. The van der Waals surface area contributed by atoms with E-state index in [0.717, 1.165) is 31.9 Å². The number of aromatic nitrogens is 1. The van der Waals surface area contributed by atoms with Crippen LogP contribution in [0.25, 0.3) is 0 Å². The third-order valence-corrected chi connectivity index (χ3v) is 6.53. The Morgan fingerprint density at radius 1 is 1.12 bits per heavy atom. The lowest BCUT2D eigenvalue weighted by atomic mass is 10.1. The molecule has 0 spiro atoms. The molecule has 6 nitrogen and oxygen atoms in total. The Kier molecular flexibility index (Phi) is 6.04. The molecule has 0 saturated carbocycles. The average Bonchev–Trinajstić information content (AvgIpc) is 3.02. The minimum atomic E-state index is -3.61. The first kappa shape index (κ1) is 19.4. The first-order chi connectivity index (χ1) is 12.4. The van der Waals surface area contributed by atoms with Gasteiger partial charge in [0, 0.05) is 56.7 Å². The van der Waals surface area contributed by atoms with Gasteiger partial charge in [-0.2, -0.15) is 0 Å². The van der Waals surface area contributed by atoms with Crippen LogP contribution in [-0.2, 0) is 17.1 Å². The number of hydrogen-bond donors (Lipinski definition) is 1. The van der Waals surface area contributed by atoms with E-state index in [2.05, 4.69) is 32.2 Å². The van der Waals surface area contributed by atoms with Crippen molar-refractivity contribution in [3.8, 4) is 0 Å². The highest BCUT2D eigenvalue weighted by Crippen LogP contribution is 2.23. The van der Waals surface area contributed by atoms with Crippen LogP contribution in [-0.4, -0.2) is 62.6 Å². The Hall–Kier alpha value is -1.38. The minimum absolute atomic E-state index is 0.0161. The molecule has 2 aromatic rings. The molecule has 26 heavy (non-hydrogen) atoms. The summed E-state index contributed by atoms with van der Waals surface area (Å²) in [6, 6.07) is 10.4. The highest BCUT2D eigenvalue weighted by molar-refractivity contribution is 7.89. The van der Waals surface area contributed by atoms with E-state index in [1.807, 2.05) is 19.3 Å². The van der Waals surface area contributed by atoms with Crippen LogP contribution in [0.5, 0.6) is 0 Å². The molecule has 1 fully saturated rings. The molecule has 0 aliphatic carbocycles. The van der Waals surface area contributed by atoms with Gasteiger partial charge < -0.3 is 9.47 Å². The quantitative estimate of drug-likeness (QED) is 0.810. The number of sulfonamides is 1. The van der Waals surface area contributed by atoms with Crippen LogP contribution in [0.1, 0.15) is 11.7 Å². The van der Waals surface area contributed by atoms with Gasteiger partial charge in [0.25, 0.3) is 0 Å². The van der Waals surface area contributed by atoms with Crippen LogP contribution in [0.4, 0.5) is 0 Å². The summed E-state index contributed by atoms with van der Waals surface area (Å²) < 4.78 is 30.2. The number of halogens is 1. The zero-order valence-corrected chi connectivity index (χ0v) is 16.7. The molecule has 142 valence electrons. The molecular formula is C18H25ClN4O2S. The summed E-state index contributed by atoms with van der Waals surface area (Å²) in [4.78, 5) is 4.82. The van der Waals surface area contributed by atoms with Gasteiger partial charge >= 0.3 is 0 Å². The summed E-state index contributed by atoms with van der Waals surface area (Å²) in [7, 11) is 0.486. The maximum Gasteiger partial charge on any atom is 0.240 e. The third kappa shape index (κ3) is 4.47. The number of aryl methyl sites for hydroxylation is 1. The topological polar surface area (TPSA) is 57.6 Å². The third-order valence-electron chi connectivity index (χ3n) is 4.88. The van der Waals surface area contributed by atoms with Crippen LogP contribution >= 0.6 is 11.6 Å². The van der Waals surface area contributed by atoms with E-state index in [9.17, 15) is 8.42 Å². The zero-order valence-electron chi connectivity index (χ0n) is 15.1. The molecule has 3 rings (SSSR count). The molecule has 1 saturated heterocycles. The summed E-state index contributed by atoms with van der Waals surface area (Å²) in [5, 5.41) is 0.408. The van der Waals surface area contributed by atoms with Gasteiger partial charge in [-0.3, -0.25) is 4.90 Å². The van der Waals surface area contributed by atoms with Crippen molar-refractivity contribution >= 4 is 21.6 Å². The second-order valence-electron chi connectivity index (χ2n) is 6.71. The van der Waals surface area contributed by atoms with Crippen LogP contribution in [0.2, 0.25) is 5.02 Å². The van der Waals surface area contributed by atoms with Gasteiger partial charge in [0.15, 0.2) is 0 Å². The molecule has 1 N–H and O–H groups in total. The highest BCUT2D eigenvalue weighted by atomic mass is 35.5. The Morgan fingerprint density at radius 3 is 2.46 bits per heavy atom. The van der Waals surface area contributed by atoms with E-state index >= 15 is 0 Å². The number of likely N-dealkylation sites (N-methyl/N-ethyl adjacent to an activating group) is 1. The highest BCUT2D eigenvalue weighted by Gasteiger charge is 2.27. The van der Waals surface area contributed by atoms with Gasteiger partial charge in [-0.1, -0.05) is 17.7 Å². The first-order valence-electron chi connectivity index (χ1n) is 8.66. The summed E-state index contributed by atoms with van der Waals surface area (Å²) in [6.07, 6.45) is 1.99. The molecule has 1 aliphatic heterocycles. The predicted octanol–water partition coefficient (Wildman–Crippen LogP) is 1.95. The maximum atomic E-state index is 12.7. The van der Waals surface area contributed by atoms with Crippen molar-refractivity contribution in [3.63, 3.8) is 0 Å². The lowest BCUT2D eigenvalue weighted by molar-refractivity contribution is 0.109. The van der Waals surface area contributed by atoms with Gasteiger partial charge in [-0.05, 0) is 37.4 Å². The van der Waals surface area contributed by atoms with Crippen molar-refractivity contribution in [2.24, 2.45) is 7.05 Å². The maximum absolute atomic E-state index is 12.7. The first-order valence-corrected chi connectivity index (χ1v) is 10.5. The molecule has 0 unspecified atom stereocenters. The van der Waals surface area contributed by atoms with Gasteiger partial charge in [-0.25, -0.2) is 13.1 Å². The Bertz CT molecular complexity index is 844. The lowest BCUT2D eigenvalue weighted by Gasteiger charge is -2.38. The van der Waals surface area contributed by atoms with Crippen LogP contribution < -0.4 is 4.72 Å². The van der Waals surface area contributed by atoms with E-state index in [4.69, 9.17) is 11.6 Å². The van der Waals surface area contributed by atoms with Crippen molar-refractivity contribution in [3.05, 3.63) is 53.3 Å². The smallest absolute Gasteiger partial charge is 0.240 e. The summed E-state index contributed by atoms with van der Waals surface area (Å²) >= 11 is 5.94. The van der Waals surface area contributed by atoms with Crippen LogP contribution in [0.15, 0.2) is 47.5 Å².